The summed E-state index contributed by atoms with van der Waals surface area (Å²) in [4.78, 5) is 13.9. The molecule has 3 heterocycles. The first-order valence-electron chi connectivity index (χ1n) is 8.20. The van der Waals surface area contributed by atoms with E-state index in [4.69, 9.17) is 0 Å². The van der Waals surface area contributed by atoms with Crippen molar-refractivity contribution in [3.8, 4) is 5.69 Å². The standard InChI is InChI=1S/C16H18N8O/c25-16(15-11-23(22-21-15)13-5-7-17-8-6-13)20-12-1-3-14(4-2-12)24-18-9-10-19-24/h1-4,9-11,13,17H,5-8H2,(H,20,25). The van der Waals surface area contributed by atoms with Crippen LogP contribution in [0.25, 0.3) is 5.69 Å². The van der Waals surface area contributed by atoms with Crippen LogP contribution >= 0.6 is 0 Å². The Morgan fingerprint density at radius 3 is 2.56 bits per heavy atom. The number of nitrogens with zero attached hydrogens (tertiary/aromatic N) is 6. The molecule has 1 aromatic carbocycles. The molecular weight excluding hydrogens is 320 g/mol. The number of amides is 1. The Morgan fingerprint density at radius 2 is 1.84 bits per heavy atom. The summed E-state index contributed by atoms with van der Waals surface area (Å²) in [5, 5.41) is 22.4. The summed E-state index contributed by atoms with van der Waals surface area (Å²) in [6.45, 7) is 1.92. The van der Waals surface area contributed by atoms with Gasteiger partial charge in [0, 0.05) is 5.69 Å². The Hall–Kier alpha value is -3.07. The van der Waals surface area contributed by atoms with Crippen molar-refractivity contribution in [3.63, 3.8) is 0 Å². The van der Waals surface area contributed by atoms with E-state index >= 15 is 0 Å². The summed E-state index contributed by atoms with van der Waals surface area (Å²) >= 11 is 0. The third kappa shape index (κ3) is 3.41. The van der Waals surface area contributed by atoms with Gasteiger partial charge in [0.25, 0.3) is 5.91 Å². The normalized spacial score (nSPS) is 15.2. The zero-order valence-corrected chi connectivity index (χ0v) is 13.5. The number of benzene rings is 1. The summed E-state index contributed by atoms with van der Waals surface area (Å²) in [6.07, 6.45) is 6.93. The van der Waals surface area contributed by atoms with E-state index in [9.17, 15) is 4.79 Å². The van der Waals surface area contributed by atoms with Gasteiger partial charge in [-0.05, 0) is 50.2 Å². The van der Waals surface area contributed by atoms with Crippen molar-refractivity contribution in [1.29, 1.82) is 0 Å². The van der Waals surface area contributed by atoms with Crippen LogP contribution in [0.2, 0.25) is 0 Å². The molecule has 0 radical (unpaired) electrons. The van der Waals surface area contributed by atoms with Crippen molar-refractivity contribution < 1.29 is 4.79 Å². The lowest BCUT2D eigenvalue weighted by Gasteiger charge is -2.22. The van der Waals surface area contributed by atoms with Crippen LogP contribution in [0.15, 0.2) is 42.9 Å². The second-order valence-electron chi connectivity index (χ2n) is 5.88. The fourth-order valence-corrected chi connectivity index (χ4v) is 2.85. The first-order chi connectivity index (χ1) is 12.3. The number of piperidine rings is 1. The first kappa shape index (κ1) is 15.5. The lowest BCUT2D eigenvalue weighted by Crippen LogP contribution is -2.29. The Bertz CT molecular complexity index is 833. The first-order valence-corrected chi connectivity index (χ1v) is 8.20. The van der Waals surface area contributed by atoms with Crippen LogP contribution in [0.1, 0.15) is 29.4 Å². The maximum Gasteiger partial charge on any atom is 0.277 e. The number of carbonyl (C=O) groups is 1. The van der Waals surface area contributed by atoms with E-state index in [2.05, 4.69) is 31.1 Å². The van der Waals surface area contributed by atoms with E-state index in [1.54, 1.807) is 35.4 Å². The molecule has 9 heteroatoms. The molecular formula is C16H18N8O. The van der Waals surface area contributed by atoms with Gasteiger partial charge in [-0.15, -0.1) is 5.10 Å². The topological polar surface area (TPSA) is 103 Å². The fraction of sp³-hybridized carbons (Fsp3) is 0.312. The smallest absolute Gasteiger partial charge is 0.277 e. The van der Waals surface area contributed by atoms with Gasteiger partial charge in [-0.1, -0.05) is 5.21 Å². The number of hydrogen-bond acceptors (Lipinski definition) is 6. The van der Waals surface area contributed by atoms with E-state index in [1.807, 2.05) is 12.1 Å². The second-order valence-corrected chi connectivity index (χ2v) is 5.88. The highest BCUT2D eigenvalue weighted by Crippen LogP contribution is 2.18. The Kier molecular flexibility index (Phi) is 4.21. The molecule has 0 bridgehead atoms. The van der Waals surface area contributed by atoms with Crippen LogP contribution < -0.4 is 10.6 Å². The molecule has 0 aliphatic carbocycles. The maximum absolute atomic E-state index is 12.4. The summed E-state index contributed by atoms with van der Waals surface area (Å²) in [5.41, 5.74) is 1.81. The minimum atomic E-state index is -0.273. The molecule has 1 amide bonds. The third-order valence-corrected chi connectivity index (χ3v) is 4.20. The van der Waals surface area contributed by atoms with Crippen molar-refractivity contribution in [2.45, 2.75) is 18.9 Å². The zero-order chi connectivity index (χ0) is 17.1. The molecule has 128 valence electrons. The average molecular weight is 338 g/mol. The maximum atomic E-state index is 12.4. The lowest BCUT2D eigenvalue weighted by atomic mass is 10.1. The molecule has 0 spiro atoms. The van der Waals surface area contributed by atoms with Gasteiger partial charge in [0.15, 0.2) is 5.69 Å². The number of carbonyl (C=O) groups excluding carboxylic acids is 1. The highest BCUT2D eigenvalue weighted by Gasteiger charge is 2.18. The molecule has 25 heavy (non-hydrogen) atoms. The van der Waals surface area contributed by atoms with E-state index < -0.39 is 0 Å². The lowest BCUT2D eigenvalue weighted by molar-refractivity contribution is 0.102. The second kappa shape index (κ2) is 6.81. The third-order valence-electron chi connectivity index (χ3n) is 4.20. The van der Waals surface area contributed by atoms with E-state index in [1.165, 1.54) is 4.80 Å². The van der Waals surface area contributed by atoms with Gasteiger partial charge in [0.05, 0.1) is 30.3 Å². The van der Waals surface area contributed by atoms with Crippen LogP contribution in [0, 0.1) is 0 Å². The van der Waals surface area contributed by atoms with Crippen molar-refractivity contribution in [2.24, 2.45) is 0 Å². The Labute approximate surface area is 144 Å². The molecule has 9 nitrogen and oxygen atoms in total. The molecule has 4 rings (SSSR count). The molecule has 0 atom stereocenters. The molecule has 0 saturated carbocycles. The predicted octanol–water partition coefficient (Wildman–Crippen LogP) is 1.04. The molecule has 2 aromatic heterocycles. The zero-order valence-electron chi connectivity index (χ0n) is 13.5. The molecule has 3 aromatic rings. The molecule has 1 saturated heterocycles. The van der Waals surface area contributed by atoms with Crippen LogP contribution in [-0.2, 0) is 0 Å². The fourth-order valence-electron chi connectivity index (χ4n) is 2.85. The number of anilines is 1. The quantitative estimate of drug-likeness (QED) is 0.737. The van der Waals surface area contributed by atoms with Crippen molar-refractivity contribution in [1.82, 2.24) is 35.3 Å². The highest BCUT2D eigenvalue weighted by atomic mass is 16.2. The van der Waals surface area contributed by atoms with Crippen LogP contribution in [0.5, 0.6) is 0 Å². The predicted molar refractivity (Wildman–Crippen MR) is 90.5 cm³/mol. The van der Waals surface area contributed by atoms with E-state index in [0.717, 1.165) is 31.6 Å². The van der Waals surface area contributed by atoms with Gasteiger partial charge in [-0.25, -0.2) is 4.68 Å². The van der Waals surface area contributed by atoms with Gasteiger partial charge < -0.3 is 10.6 Å². The minimum absolute atomic E-state index is 0.273. The Balaban J connectivity index is 1.42. The monoisotopic (exact) mass is 338 g/mol. The van der Waals surface area contributed by atoms with E-state index in [0.29, 0.717) is 17.4 Å². The SMILES string of the molecule is O=C(Nc1ccc(-n2nccn2)cc1)c1cn(C2CCNCC2)nn1. The van der Waals surface area contributed by atoms with E-state index in [-0.39, 0.29) is 5.91 Å². The minimum Gasteiger partial charge on any atom is -0.321 e. The number of hydrogen-bond donors (Lipinski definition) is 2. The number of nitrogens with one attached hydrogen (secondary N) is 2. The van der Waals surface area contributed by atoms with Crippen molar-refractivity contribution in [3.05, 3.63) is 48.5 Å². The Morgan fingerprint density at radius 1 is 1.12 bits per heavy atom. The molecule has 2 N–H and O–H groups in total. The van der Waals surface area contributed by atoms with Crippen LogP contribution in [-0.4, -0.2) is 49.0 Å². The summed E-state index contributed by atoms with van der Waals surface area (Å²) in [5.74, 6) is -0.273. The largest absolute Gasteiger partial charge is 0.321 e. The summed E-state index contributed by atoms with van der Waals surface area (Å²) in [6, 6.07) is 7.57. The van der Waals surface area contributed by atoms with Crippen molar-refractivity contribution >= 4 is 11.6 Å². The van der Waals surface area contributed by atoms with Gasteiger partial charge in [-0.2, -0.15) is 15.0 Å². The van der Waals surface area contributed by atoms with Gasteiger partial charge in [-0.3, -0.25) is 4.79 Å². The summed E-state index contributed by atoms with van der Waals surface area (Å²) < 4.78 is 1.79. The van der Waals surface area contributed by atoms with Gasteiger partial charge >= 0.3 is 0 Å². The molecule has 1 aliphatic heterocycles. The van der Waals surface area contributed by atoms with Crippen LogP contribution in [0.3, 0.4) is 0 Å². The highest BCUT2D eigenvalue weighted by molar-refractivity contribution is 6.02. The van der Waals surface area contributed by atoms with Gasteiger partial charge in [0.2, 0.25) is 0 Å². The number of aromatic nitrogens is 6. The average Bonchev–Trinajstić information content (AvgIpc) is 3.35. The summed E-state index contributed by atoms with van der Waals surface area (Å²) in [7, 11) is 0. The van der Waals surface area contributed by atoms with Crippen molar-refractivity contribution in [2.75, 3.05) is 18.4 Å². The number of rotatable bonds is 4. The molecule has 1 fully saturated rings. The molecule has 0 unspecified atom stereocenters. The van der Waals surface area contributed by atoms with Crippen LogP contribution in [0.4, 0.5) is 5.69 Å². The van der Waals surface area contributed by atoms with Gasteiger partial charge in [0.1, 0.15) is 0 Å². The molecule has 1 aliphatic rings.